The number of aliphatic hydroxyl groups excluding tert-OH is 1. The number of rotatable bonds is 13. The molecular weight excluding hydrogens is 430 g/mol. The number of hydrogen-bond acceptors (Lipinski definition) is 4. The molecule has 0 amide bonds. The number of aliphatic hydroxyl groups is 1. The fourth-order valence-corrected chi connectivity index (χ4v) is 9.40. The fraction of sp³-hybridized carbons (Fsp3) is 0.913. The van der Waals surface area contributed by atoms with Gasteiger partial charge in [-0.1, -0.05) is 56.5 Å². The lowest BCUT2D eigenvalue weighted by atomic mass is 9.85. The molecule has 0 aromatic heterocycles. The van der Waals surface area contributed by atoms with Crippen LogP contribution in [0.5, 0.6) is 0 Å². The number of hydrogen-bond donors (Lipinski definition) is 1. The van der Waals surface area contributed by atoms with Crippen molar-refractivity contribution < 1.29 is 19.0 Å². The predicted molar refractivity (Wildman–Crippen MR) is 139 cm³/mol. The Morgan fingerprint density at radius 1 is 0.967 bits per heavy atom. The van der Waals surface area contributed by atoms with E-state index in [0.717, 1.165) is 0 Å². The minimum Gasteiger partial charge on any atom is -0.413 e. The first-order valence-corrected chi connectivity index (χ1v) is 18.5. The van der Waals surface area contributed by atoms with Crippen molar-refractivity contribution >= 4 is 24.2 Å². The molecule has 0 unspecified atom stereocenters. The summed E-state index contributed by atoms with van der Waals surface area (Å²) in [5, 5.41) is 11.1. The summed E-state index contributed by atoms with van der Waals surface area (Å²) in [6, 6.07) is 0. The molecule has 180 valence electrons. The molecule has 0 fully saturated rings. The molecule has 7 heteroatoms. The van der Waals surface area contributed by atoms with Gasteiger partial charge in [-0.05, 0) is 51.7 Å². The summed E-state index contributed by atoms with van der Waals surface area (Å²) in [4.78, 5) is 0. The van der Waals surface area contributed by atoms with Crippen molar-refractivity contribution in [2.45, 2.75) is 89.7 Å². The van der Waals surface area contributed by atoms with E-state index >= 15 is 0 Å². The van der Waals surface area contributed by atoms with Crippen LogP contribution in [0.25, 0.3) is 0 Å². The summed E-state index contributed by atoms with van der Waals surface area (Å²) in [6.45, 7) is 30.8. The standard InChI is InChI=1S/C23H50O4P2Si/c1-15-19(25-8)20(24)17(3)21(27-30(13,14)23(5,6)7)16(2)18(4)26-22(28(9)10)29(11)12/h15-22,24H,1H2,2-14H3/t16-,17-,18-,19+,20-,21+/m1/s1. The summed E-state index contributed by atoms with van der Waals surface area (Å²) in [6.07, 6.45) is 0.484. The van der Waals surface area contributed by atoms with Crippen molar-refractivity contribution in [2.24, 2.45) is 11.8 Å². The molecule has 0 aliphatic rings. The highest BCUT2D eigenvalue weighted by Gasteiger charge is 2.44. The zero-order valence-corrected chi connectivity index (χ0v) is 24.7. The molecule has 0 rings (SSSR count). The van der Waals surface area contributed by atoms with Gasteiger partial charge in [0.1, 0.15) is 6.10 Å². The van der Waals surface area contributed by atoms with Gasteiger partial charge < -0.3 is 19.0 Å². The third kappa shape index (κ3) is 8.54. The Morgan fingerprint density at radius 3 is 1.77 bits per heavy atom. The lowest BCUT2D eigenvalue weighted by Crippen LogP contribution is -2.52. The van der Waals surface area contributed by atoms with E-state index in [2.05, 4.69) is 87.9 Å². The van der Waals surface area contributed by atoms with E-state index in [9.17, 15) is 5.11 Å². The minimum absolute atomic E-state index is 0.0407. The molecular formula is C23H50O4P2Si. The van der Waals surface area contributed by atoms with Crippen LogP contribution in [0, 0.1) is 11.8 Å². The first-order chi connectivity index (χ1) is 13.5. The minimum atomic E-state index is -2.05. The Hall–Kier alpha value is 0.657. The van der Waals surface area contributed by atoms with E-state index < -0.39 is 20.5 Å². The molecule has 0 saturated carbocycles. The second kappa shape index (κ2) is 12.8. The Bertz CT molecular complexity index is 500. The molecule has 0 aliphatic carbocycles. The molecule has 1 N–H and O–H groups in total. The smallest absolute Gasteiger partial charge is 0.192 e. The second-order valence-electron chi connectivity index (χ2n) is 10.6. The van der Waals surface area contributed by atoms with E-state index in [1.807, 2.05) is 0 Å². The molecule has 0 radical (unpaired) electrons. The van der Waals surface area contributed by atoms with Gasteiger partial charge in [-0.25, -0.2) is 0 Å². The van der Waals surface area contributed by atoms with Crippen LogP contribution in [-0.2, 0) is 13.9 Å². The molecule has 6 atom stereocenters. The maximum atomic E-state index is 11.0. The van der Waals surface area contributed by atoms with Gasteiger partial charge in [0, 0.05) is 18.9 Å². The van der Waals surface area contributed by atoms with Crippen LogP contribution in [0.3, 0.4) is 0 Å². The van der Waals surface area contributed by atoms with Gasteiger partial charge in [0.2, 0.25) is 0 Å². The van der Waals surface area contributed by atoms with Crippen LogP contribution in [0.2, 0.25) is 18.1 Å². The summed E-state index contributed by atoms with van der Waals surface area (Å²) in [7, 11) is -0.790. The average Bonchev–Trinajstić information content (AvgIpc) is 2.62. The first-order valence-electron chi connectivity index (χ1n) is 11.0. The quantitative estimate of drug-likeness (QED) is 0.189. The summed E-state index contributed by atoms with van der Waals surface area (Å²) < 4.78 is 19.0. The van der Waals surface area contributed by atoms with E-state index in [0.29, 0.717) is 5.59 Å². The Kier molecular flexibility index (Phi) is 13.1. The highest BCUT2D eigenvalue weighted by molar-refractivity contribution is 7.74. The Morgan fingerprint density at radius 2 is 1.43 bits per heavy atom. The van der Waals surface area contributed by atoms with Crippen LogP contribution < -0.4 is 0 Å². The molecule has 4 nitrogen and oxygen atoms in total. The Labute approximate surface area is 191 Å². The maximum absolute atomic E-state index is 11.0. The summed E-state index contributed by atoms with van der Waals surface area (Å²) in [5.74, 6) is 0.0228. The van der Waals surface area contributed by atoms with Crippen LogP contribution in [0.4, 0.5) is 0 Å². The van der Waals surface area contributed by atoms with Gasteiger partial charge in [-0.3, -0.25) is 0 Å². The van der Waals surface area contributed by atoms with Gasteiger partial charge in [-0.2, -0.15) is 0 Å². The summed E-state index contributed by atoms with van der Waals surface area (Å²) >= 11 is 0. The first kappa shape index (κ1) is 30.7. The lowest BCUT2D eigenvalue weighted by molar-refractivity contribution is -0.0805. The Balaban J connectivity index is 5.88. The van der Waals surface area contributed by atoms with Crippen molar-refractivity contribution in [1.29, 1.82) is 0 Å². The monoisotopic (exact) mass is 480 g/mol. The summed E-state index contributed by atoms with van der Waals surface area (Å²) in [5.41, 5.74) is 0.320. The largest absolute Gasteiger partial charge is 0.413 e. The molecule has 0 aromatic rings. The highest BCUT2D eigenvalue weighted by atomic mass is 31.2. The van der Waals surface area contributed by atoms with E-state index in [1.165, 1.54) is 0 Å². The van der Waals surface area contributed by atoms with Crippen molar-refractivity contribution in [1.82, 2.24) is 0 Å². The zero-order chi connectivity index (χ0) is 24.0. The molecule has 0 aromatic carbocycles. The van der Waals surface area contributed by atoms with Gasteiger partial charge in [0.05, 0.1) is 23.9 Å². The fourth-order valence-electron chi connectivity index (χ4n) is 3.37. The molecule has 0 aliphatic heterocycles. The normalized spacial score (nSPS) is 19.6. The van der Waals surface area contributed by atoms with E-state index in [-0.39, 0.29) is 44.9 Å². The van der Waals surface area contributed by atoms with Crippen LogP contribution >= 0.6 is 15.8 Å². The van der Waals surface area contributed by atoms with Gasteiger partial charge in [0.15, 0.2) is 8.32 Å². The van der Waals surface area contributed by atoms with Crippen LogP contribution in [0.15, 0.2) is 12.7 Å². The van der Waals surface area contributed by atoms with Gasteiger partial charge >= 0.3 is 0 Å². The van der Waals surface area contributed by atoms with Gasteiger partial charge in [-0.15, -0.1) is 6.58 Å². The molecule has 0 saturated heterocycles. The molecule has 0 spiro atoms. The SMILES string of the molecule is C=C[C@H](OC)[C@H](O)[C@@H](C)[C@@H](O[Si](C)(C)C(C)(C)C)[C@H](C)[C@@H](C)OC(P(C)C)P(C)C. The van der Waals surface area contributed by atoms with Gasteiger partial charge in [0.25, 0.3) is 0 Å². The van der Waals surface area contributed by atoms with E-state index in [4.69, 9.17) is 13.9 Å². The topological polar surface area (TPSA) is 47.9 Å². The van der Waals surface area contributed by atoms with Crippen LogP contribution in [0.1, 0.15) is 41.5 Å². The number of methoxy groups -OCH3 is 1. The second-order valence-corrected chi connectivity index (χ2v) is 20.5. The van der Waals surface area contributed by atoms with Crippen molar-refractivity contribution in [2.75, 3.05) is 33.8 Å². The molecule has 0 bridgehead atoms. The average molecular weight is 481 g/mol. The van der Waals surface area contributed by atoms with Crippen molar-refractivity contribution in [3.8, 4) is 0 Å². The predicted octanol–water partition coefficient (Wildman–Crippen LogP) is 6.38. The number of ether oxygens (including phenoxy) is 2. The lowest BCUT2D eigenvalue weighted by Gasteiger charge is -2.45. The van der Waals surface area contributed by atoms with Crippen molar-refractivity contribution in [3.05, 3.63) is 12.7 Å². The third-order valence-corrected chi connectivity index (χ3v) is 15.9. The highest BCUT2D eigenvalue weighted by Crippen LogP contribution is 2.52. The molecule has 30 heavy (non-hydrogen) atoms. The third-order valence-electron chi connectivity index (χ3n) is 6.61. The van der Waals surface area contributed by atoms with Crippen molar-refractivity contribution in [3.63, 3.8) is 0 Å². The molecule has 0 heterocycles. The zero-order valence-electron chi connectivity index (χ0n) is 21.9. The van der Waals surface area contributed by atoms with E-state index in [1.54, 1.807) is 13.2 Å². The van der Waals surface area contributed by atoms with Crippen LogP contribution in [-0.4, -0.2) is 77.2 Å². The maximum Gasteiger partial charge on any atom is 0.192 e.